The maximum Gasteiger partial charge on any atom is 0.365 e. The summed E-state index contributed by atoms with van der Waals surface area (Å²) >= 11 is 1.17. The van der Waals surface area contributed by atoms with E-state index in [1.54, 1.807) is 5.38 Å². The van der Waals surface area contributed by atoms with E-state index < -0.39 is 5.97 Å². The lowest BCUT2D eigenvalue weighted by molar-refractivity contribution is 0.0696. The third-order valence-electron chi connectivity index (χ3n) is 1.91. The first-order valence-corrected chi connectivity index (χ1v) is 5.52. The minimum Gasteiger partial charge on any atom is -0.476 e. The van der Waals surface area contributed by atoms with Crippen molar-refractivity contribution in [2.45, 2.75) is 6.54 Å². The van der Waals surface area contributed by atoms with Crippen LogP contribution in [-0.2, 0) is 6.54 Å². The molecule has 1 aromatic heterocycles. The topological polar surface area (TPSA) is 65.5 Å². The van der Waals surface area contributed by atoms with Gasteiger partial charge in [0.2, 0.25) is 5.01 Å². The molecular weight excluding hydrogens is 214 g/mol. The molecule has 0 spiro atoms. The van der Waals surface area contributed by atoms with Gasteiger partial charge in [-0.2, -0.15) is 0 Å². The van der Waals surface area contributed by atoms with E-state index in [2.05, 4.69) is 15.2 Å². The van der Waals surface area contributed by atoms with Crippen LogP contribution >= 0.6 is 11.3 Å². The lowest BCUT2D eigenvalue weighted by Gasteiger charge is -2.14. The van der Waals surface area contributed by atoms with Gasteiger partial charge in [0.15, 0.2) is 0 Å². The highest BCUT2D eigenvalue weighted by Gasteiger charge is 2.09. The van der Waals surface area contributed by atoms with Crippen LogP contribution < -0.4 is 5.32 Å². The standard InChI is InChI=1S/C9H15N3O2S/c1-10-3-4-12(2)5-7-6-15-8(11-7)9(13)14/h6,10H,3-5H2,1-2H3,(H,13,14). The minimum absolute atomic E-state index is 0.159. The Balaban J connectivity index is 2.46. The van der Waals surface area contributed by atoms with Gasteiger partial charge in [-0.05, 0) is 14.1 Å². The molecule has 0 aliphatic carbocycles. The van der Waals surface area contributed by atoms with E-state index in [0.717, 1.165) is 18.8 Å². The van der Waals surface area contributed by atoms with Gasteiger partial charge < -0.3 is 10.4 Å². The van der Waals surface area contributed by atoms with Crippen molar-refractivity contribution in [1.82, 2.24) is 15.2 Å². The number of carboxylic acids is 1. The van der Waals surface area contributed by atoms with E-state index in [1.165, 1.54) is 11.3 Å². The molecule has 1 rings (SSSR count). The zero-order chi connectivity index (χ0) is 11.3. The molecule has 0 radical (unpaired) electrons. The van der Waals surface area contributed by atoms with E-state index >= 15 is 0 Å². The molecule has 0 aliphatic rings. The van der Waals surface area contributed by atoms with Gasteiger partial charge >= 0.3 is 5.97 Å². The largest absolute Gasteiger partial charge is 0.476 e. The highest BCUT2D eigenvalue weighted by Crippen LogP contribution is 2.10. The van der Waals surface area contributed by atoms with E-state index in [0.29, 0.717) is 6.54 Å². The van der Waals surface area contributed by atoms with Crippen molar-refractivity contribution in [3.05, 3.63) is 16.1 Å². The maximum atomic E-state index is 10.6. The Hall–Kier alpha value is -0.980. The van der Waals surface area contributed by atoms with Crippen LogP contribution in [0.4, 0.5) is 0 Å². The van der Waals surface area contributed by atoms with E-state index in [-0.39, 0.29) is 5.01 Å². The molecule has 0 aromatic carbocycles. The molecule has 0 aliphatic heterocycles. The Labute approximate surface area is 92.7 Å². The zero-order valence-corrected chi connectivity index (χ0v) is 9.67. The average Bonchev–Trinajstić information content (AvgIpc) is 2.63. The van der Waals surface area contributed by atoms with Crippen molar-refractivity contribution in [3.8, 4) is 0 Å². The first-order chi connectivity index (χ1) is 7.13. The van der Waals surface area contributed by atoms with Crippen LogP contribution in [0.2, 0.25) is 0 Å². The Morgan fingerprint density at radius 1 is 1.73 bits per heavy atom. The number of likely N-dealkylation sites (N-methyl/N-ethyl adjacent to an activating group) is 2. The monoisotopic (exact) mass is 229 g/mol. The lowest BCUT2D eigenvalue weighted by atomic mass is 10.4. The van der Waals surface area contributed by atoms with Crippen LogP contribution in [0.25, 0.3) is 0 Å². The van der Waals surface area contributed by atoms with Gasteiger partial charge in [-0.15, -0.1) is 11.3 Å². The van der Waals surface area contributed by atoms with Crippen molar-refractivity contribution in [1.29, 1.82) is 0 Å². The van der Waals surface area contributed by atoms with Gasteiger partial charge in [-0.1, -0.05) is 0 Å². The molecule has 0 saturated carbocycles. The average molecular weight is 229 g/mol. The fourth-order valence-corrected chi connectivity index (χ4v) is 1.78. The van der Waals surface area contributed by atoms with Crippen molar-refractivity contribution in [3.63, 3.8) is 0 Å². The zero-order valence-electron chi connectivity index (χ0n) is 8.86. The van der Waals surface area contributed by atoms with Gasteiger partial charge in [0.1, 0.15) is 0 Å². The Morgan fingerprint density at radius 3 is 3.00 bits per heavy atom. The highest BCUT2D eigenvalue weighted by molar-refractivity contribution is 7.11. The molecule has 84 valence electrons. The van der Waals surface area contributed by atoms with Crippen LogP contribution in [0.1, 0.15) is 15.5 Å². The summed E-state index contributed by atoms with van der Waals surface area (Å²) in [6, 6.07) is 0. The summed E-state index contributed by atoms with van der Waals surface area (Å²) in [5, 5.41) is 13.7. The molecule has 2 N–H and O–H groups in total. The molecule has 6 heteroatoms. The fraction of sp³-hybridized carbons (Fsp3) is 0.556. The number of hydrogen-bond acceptors (Lipinski definition) is 5. The second-order valence-corrected chi connectivity index (χ2v) is 4.15. The molecule has 5 nitrogen and oxygen atoms in total. The number of nitrogens with zero attached hydrogens (tertiary/aromatic N) is 2. The normalized spacial score (nSPS) is 10.9. The number of hydrogen-bond donors (Lipinski definition) is 2. The number of carbonyl (C=O) groups is 1. The summed E-state index contributed by atoms with van der Waals surface area (Å²) in [4.78, 5) is 16.7. The number of nitrogens with one attached hydrogen (secondary N) is 1. The quantitative estimate of drug-likeness (QED) is 0.743. The first kappa shape index (κ1) is 12.1. The number of carboxylic acid groups (broad SMARTS) is 1. The molecule has 0 atom stereocenters. The number of aromatic carboxylic acids is 1. The summed E-state index contributed by atoms with van der Waals surface area (Å²) < 4.78 is 0. The summed E-state index contributed by atoms with van der Waals surface area (Å²) in [6.45, 7) is 2.51. The molecular formula is C9H15N3O2S. The van der Waals surface area contributed by atoms with Crippen LogP contribution in [0.15, 0.2) is 5.38 Å². The molecule has 0 fully saturated rings. The smallest absolute Gasteiger partial charge is 0.365 e. The van der Waals surface area contributed by atoms with E-state index in [4.69, 9.17) is 5.11 Å². The predicted molar refractivity (Wildman–Crippen MR) is 59.3 cm³/mol. The molecule has 0 saturated heterocycles. The Bertz CT molecular complexity index is 327. The summed E-state index contributed by atoms with van der Waals surface area (Å²) in [6.07, 6.45) is 0. The molecule has 1 aromatic rings. The van der Waals surface area contributed by atoms with Crippen molar-refractivity contribution < 1.29 is 9.90 Å². The van der Waals surface area contributed by atoms with Gasteiger partial charge in [0.25, 0.3) is 0 Å². The van der Waals surface area contributed by atoms with Gasteiger partial charge in [0.05, 0.1) is 5.69 Å². The summed E-state index contributed by atoms with van der Waals surface area (Å²) in [5.74, 6) is -0.955. The van der Waals surface area contributed by atoms with E-state index in [9.17, 15) is 4.79 Å². The predicted octanol–water partition coefficient (Wildman–Crippen LogP) is 0.492. The van der Waals surface area contributed by atoms with Crippen LogP contribution in [-0.4, -0.2) is 48.1 Å². The van der Waals surface area contributed by atoms with Gasteiger partial charge in [-0.25, -0.2) is 9.78 Å². The van der Waals surface area contributed by atoms with Crippen LogP contribution in [0.5, 0.6) is 0 Å². The van der Waals surface area contributed by atoms with Gasteiger partial charge in [0, 0.05) is 25.0 Å². The summed E-state index contributed by atoms with van der Waals surface area (Å²) in [5.41, 5.74) is 0.816. The Morgan fingerprint density at radius 2 is 2.47 bits per heavy atom. The number of thiazole rings is 1. The van der Waals surface area contributed by atoms with Gasteiger partial charge in [-0.3, -0.25) is 4.90 Å². The van der Waals surface area contributed by atoms with Crippen molar-refractivity contribution >= 4 is 17.3 Å². The number of rotatable bonds is 6. The second-order valence-electron chi connectivity index (χ2n) is 3.29. The lowest BCUT2D eigenvalue weighted by Crippen LogP contribution is -2.27. The van der Waals surface area contributed by atoms with Crippen molar-refractivity contribution in [2.24, 2.45) is 0 Å². The minimum atomic E-state index is -0.955. The second kappa shape index (κ2) is 5.79. The van der Waals surface area contributed by atoms with Crippen molar-refractivity contribution in [2.75, 3.05) is 27.2 Å². The summed E-state index contributed by atoms with van der Waals surface area (Å²) in [7, 11) is 3.89. The Kier molecular flexibility index (Phi) is 4.67. The maximum absolute atomic E-state index is 10.6. The molecule has 0 amide bonds. The SMILES string of the molecule is CNCCN(C)Cc1csc(C(=O)O)n1. The van der Waals surface area contributed by atoms with Crippen LogP contribution in [0, 0.1) is 0 Å². The first-order valence-electron chi connectivity index (χ1n) is 4.64. The number of aromatic nitrogens is 1. The fourth-order valence-electron chi connectivity index (χ4n) is 1.14. The third kappa shape index (κ3) is 3.94. The third-order valence-corrected chi connectivity index (χ3v) is 2.79. The van der Waals surface area contributed by atoms with E-state index in [1.807, 2.05) is 14.1 Å². The molecule has 0 bridgehead atoms. The molecule has 15 heavy (non-hydrogen) atoms. The highest BCUT2D eigenvalue weighted by atomic mass is 32.1. The van der Waals surface area contributed by atoms with Crippen LogP contribution in [0.3, 0.4) is 0 Å². The molecule has 1 heterocycles. The molecule has 0 unspecified atom stereocenters.